The Labute approximate surface area is 81.0 Å². The topological polar surface area (TPSA) is 0 Å². The average molecular weight is 172 g/mol. The molecule has 1 rings (SSSR count). The lowest BCUT2D eigenvalue weighted by Crippen LogP contribution is -1.82. The van der Waals surface area contributed by atoms with Crippen molar-refractivity contribution in [3.8, 4) is 11.8 Å². The third kappa shape index (κ3) is 2.95. The van der Waals surface area contributed by atoms with Crippen LogP contribution in [0.5, 0.6) is 0 Å². The highest BCUT2D eigenvalue weighted by molar-refractivity contribution is 5.42. The Hall–Kier alpha value is -1.22. The van der Waals surface area contributed by atoms with Gasteiger partial charge in [0.1, 0.15) is 0 Å². The van der Waals surface area contributed by atoms with Crippen molar-refractivity contribution in [1.29, 1.82) is 0 Å². The quantitative estimate of drug-likeness (QED) is 0.569. The molecule has 0 saturated carbocycles. The van der Waals surface area contributed by atoms with Crippen molar-refractivity contribution in [1.82, 2.24) is 0 Å². The molecular weight excluding hydrogens is 156 g/mol. The zero-order valence-corrected chi connectivity index (χ0v) is 8.65. The first kappa shape index (κ1) is 9.86. The van der Waals surface area contributed by atoms with Crippen LogP contribution in [0.2, 0.25) is 0 Å². The monoisotopic (exact) mass is 172 g/mol. The normalized spacial score (nSPS) is 9.15. The molecule has 0 nitrogen and oxygen atoms in total. The van der Waals surface area contributed by atoms with Crippen molar-refractivity contribution in [2.75, 3.05) is 0 Å². The Balaban J connectivity index is 2.85. The zero-order valence-electron chi connectivity index (χ0n) is 8.65. The minimum atomic E-state index is 0.993. The van der Waals surface area contributed by atoms with E-state index in [-0.39, 0.29) is 0 Å². The van der Waals surface area contributed by atoms with E-state index in [1.165, 1.54) is 16.7 Å². The lowest BCUT2D eigenvalue weighted by Gasteiger charge is -1.98. The number of unbranched alkanes of at least 4 members (excludes halogenated alkanes) is 1. The predicted molar refractivity (Wildman–Crippen MR) is 57.7 cm³/mol. The van der Waals surface area contributed by atoms with Crippen LogP contribution in [0.15, 0.2) is 18.2 Å². The standard InChI is InChI=1S/C13H16/c1-4-5-6-7-13-9-8-11(2)10-12(13)3/h8-10H,4-5H2,1-3H3. The summed E-state index contributed by atoms with van der Waals surface area (Å²) in [6.07, 6.45) is 2.13. The van der Waals surface area contributed by atoms with Gasteiger partial charge in [0.05, 0.1) is 0 Å². The van der Waals surface area contributed by atoms with Crippen LogP contribution in [-0.4, -0.2) is 0 Å². The molecule has 0 amide bonds. The van der Waals surface area contributed by atoms with Gasteiger partial charge >= 0.3 is 0 Å². The smallest absolute Gasteiger partial charge is 0.0274 e. The summed E-state index contributed by atoms with van der Waals surface area (Å²) in [6, 6.07) is 6.40. The molecule has 0 spiro atoms. The second-order valence-corrected chi connectivity index (χ2v) is 3.37. The van der Waals surface area contributed by atoms with Gasteiger partial charge in [-0.25, -0.2) is 0 Å². The van der Waals surface area contributed by atoms with Crippen LogP contribution in [0, 0.1) is 25.7 Å². The minimum absolute atomic E-state index is 0.993. The van der Waals surface area contributed by atoms with E-state index in [1.54, 1.807) is 0 Å². The van der Waals surface area contributed by atoms with Gasteiger partial charge in [-0.1, -0.05) is 36.5 Å². The maximum absolute atomic E-state index is 3.19. The average Bonchev–Trinajstić information content (AvgIpc) is 2.09. The minimum Gasteiger partial charge on any atom is -0.0979 e. The molecule has 0 aromatic heterocycles. The highest BCUT2D eigenvalue weighted by Gasteiger charge is 1.92. The van der Waals surface area contributed by atoms with Gasteiger partial charge in [0.25, 0.3) is 0 Å². The molecule has 0 aliphatic carbocycles. The van der Waals surface area contributed by atoms with E-state index in [2.05, 4.69) is 50.8 Å². The highest BCUT2D eigenvalue weighted by atomic mass is 14.0. The predicted octanol–water partition coefficient (Wildman–Crippen LogP) is 3.46. The first-order chi connectivity index (χ1) is 6.24. The zero-order chi connectivity index (χ0) is 9.68. The van der Waals surface area contributed by atoms with Gasteiger partial charge in [-0.3, -0.25) is 0 Å². The Morgan fingerprint density at radius 2 is 2.00 bits per heavy atom. The Morgan fingerprint density at radius 1 is 1.23 bits per heavy atom. The summed E-state index contributed by atoms with van der Waals surface area (Å²) >= 11 is 0. The molecule has 0 heterocycles. The third-order valence-corrected chi connectivity index (χ3v) is 1.98. The molecule has 0 N–H and O–H groups in total. The van der Waals surface area contributed by atoms with Gasteiger partial charge in [0, 0.05) is 12.0 Å². The second-order valence-electron chi connectivity index (χ2n) is 3.37. The van der Waals surface area contributed by atoms with E-state index in [0.717, 1.165) is 12.8 Å². The van der Waals surface area contributed by atoms with Gasteiger partial charge in [0.15, 0.2) is 0 Å². The Morgan fingerprint density at radius 3 is 2.62 bits per heavy atom. The number of aryl methyl sites for hydroxylation is 2. The molecule has 0 bridgehead atoms. The fourth-order valence-electron chi connectivity index (χ4n) is 1.24. The van der Waals surface area contributed by atoms with E-state index in [4.69, 9.17) is 0 Å². The van der Waals surface area contributed by atoms with Crippen LogP contribution in [0.3, 0.4) is 0 Å². The largest absolute Gasteiger partial charge is 0.0979 e. The summed E-state index contributed by atoms with van der Waals surface area (Å²) in [7, 11) is 0. The molecule has 0 heteroatoms. The van der Waals surface area contributed by atoms with E-state index >= 15 is 0 Å². The molecule has 0 aliphatic heterocycles. The van der Waals surface area contributed by atoms with Crippen molar-refractivity contribution in [2.45, 2.75) is 33.6 Å². The highest BCUT2D eigenvalue weighted by Crippen LogP contribution is 2.08. The van der Waals surface area contributed by atoms with E-state index in [9.17, 15) is 0 Å². The maximum Gasteiger partial charge on any atom is 0.0274 e. The number of hydrogen-bond donors (Lipinski definition) is 0. The number of hydrogen-bond acceptors (Lipinski definition) is 0. The van der Waals surface area contributed by atoms with E-state index < -0.39 is 0 Å². The van der Waals surface area contributed by atoms with E-state index in [0.29, 0.717) is 0 Å². The summed E-state index contributed by atoms with van der Waals surface area (Å²) in [4.78, 5) is 0. The summed E-state index contributed by atoms with van der Waals surface area (Å²) in [5.41, 5.74) is 3.75. The SMILES string of the molecule is CCCC#Cc1ccc(C)cc1C. The van der Waals surface area contributed by atoms with Gasteiger partial charge in [-0.05, 0) is 31.9 Å². The summed E-state index contributed by atoms with van der Waals surface area (Å²) in [5, 5.41) is 0. The fourth-order valence-corrected chi connectivity index (χ4v) is 1.24. The number of benzene rings is 1. The molecule has 13 heavy (non-hydrogen) atoms. The molecule has 1 aromatic carbocycles. The Kier molecular flexibility index (Phi) is 3.58. The molecule has 0 atom stereocenters. The summed E-state index contributed by atoms with van der Waals surface area (Å²) < 4.78 is 0. The molecule has 0 unspecified atom stereocenters. The van der Waals surface area contributed by atoms with Gasteiger partial charge in [-0.2, -0.15) is 0 Å². The fraction of sp³-hybridized carbons (Fsp3) is 0.385. The van der Waals surface area contributed by atoms with Crippen LogP contribution in [0.25, 0.3) is 0 Å². The Bertz CT molecular complexity index is 337. The first-order valence-corrected chi connectivity index (χ1v) is 4.80. The second kappa shape index (κ2) is 4.72. The van der Waals surface area contributed by atoms with Crippen LogP contribution >= 0.6 is 0 Å². The van der Waals surface area contributed by atoms with Crippen LogP contribution in [0.1, 0.15) is 36.5 Å². The summed E-state index contributed by atoms with van der Waals surface area (Å²) in [5.74, 6) is 6.35. The number of rotatable bonds is 1. The molecule has 1 aromatic rings. The lowest BCUT2D eigenvalue weighted by atomic mass is 10.1. The van der Waals surface area contributed by atoms with Crippen molar-refractivity contribution in [2.24, 2.45) is 0 Å². The van der Waals surface area contributed by atoms with Crippen molar-refractivity contribution < 1.29 is 0 Å². The van der Waals surface area contributed by atoms with E-state index in [1.807, 2.05) is 0 Å². The molecular formula is C13H16. The molecule has 0 fully saturated rings. The third-order valence-electron chi connectivity index (χ3n) is 1.98. The van der Waals surface area contributed by atoms with Gasteiger partial charge in [0.2, 0.25) is 0 Å². The van der Waals surface area contributed by atoms with Crippen molar-refractivity contribution in [3.63, 3.8) is 0 Å². The molecule has 68 valence electrons. The lowest BCUT2D eigenvalue weighted by molar-refractivity contribution is 0.983. The van der Waals surface area contributed by atoms with Gasteiger partial charge in [-0.15, -0.1) is 0 Å². The molecule has 0 saturated heterocycles. The maximum atomic E-state index is 3.19. The van der Waals surface area contributed by atoms with Crippen molar-refractivity contribution >= 4 is 0 Å². The van der Waals surface area contributed by atoms with Crippen LogP contribution in [0.4, 0.5) is 0 Å². The van der Waals surface area contributed by atoms with Crippen LogP contribution in [-0.2, 0) is 0 Å². The van der Waals surface area contributed by atoms with Crippen LogP contribution < -0.4 is 0 Å². The summed E-state index contributed by atoms with van der Waals surface area (Å²) in [6.45, 7) is 6.37. The first-order valence-electron chi connectivity index (χ1n) is 4.80. The molecule has 0 radical (unpaired) electrons. The van der Waals surface area contributed by atoms with Crippen molar-refractivity contribution in [3.05, 3.63) is 34.9 Å². The molecule has 0 aliphatic rings. The van der Waals surface area contributed by atoms with Gasteiger partial charge < -0.3 is 0 Å².